The zero-order valence-corrected chi connectivity index (χ0v) is 14.8. The van der Waals surface area contributed by atoms with Crippen LogP contribution in [0.2, 0.25) is 0 Å². The number of nitrogens with one attached hydrogen (secondary N) is 1. The van der Waals surface area contributed by atoms with Gasteiger partial charge in [0.25, 0.3) is 0 Å². The van der Waals surface area contributed by atoms with Crippen LogP contribution >= 0.6 is 0 Å². The minimum Gasteiger partial charge on any atom is -0.456 e. The van der Waals surface area contributed by atoms with Crippen LogP contribution in [-0.2, 0) is 24.5 Å². The number of ketones is 1. The zero-order valence-electron chi connectivity index (χ0n) is 14.8. The zero-order chi connectivity index (χ0) is 18.6. The van der Waals surface area contributed by atoms with E-state index in [0.29, 0.717) is 0 Å². The largest absolute Gasteiger partial charge is 0.456 e. The number of ether oxygens (including phenoxy) is 2. The summed E-state index contributed by atoms with van der Waals surface area (Å²) in [5.74, 6) is -1.03. The van der Waals surface area contributed by atoms with Gasteiger partial charge in [-0.05, 0) is 11.6 Å². The van der Waals surface area contributed by atoms with Gasteiger partial charge in [0.05, 0.1) is 7.11 Å². The summed E-state index contributed by atoms with van der Waals surface area (Å²) in [5.41, 5.74) is 2.70. The Hall–Kier alpha value is -2.83. The number of likely N-dealkylation sites (N-methyl/N-ethyl adjacent to an activating group) is 1. The first-order chi connectivity index (χ1) is 11.8. The molecule has 1 aromatic carbocycles. The smallest absolute Gasteiger partial charge is 0.407 e. The summed E-state index contributed by atoms with van der Waals surface area (Å²) >= 11 is 0. The van der Waals surface area contributed by atoms with E-state index in [2.05, 4.69) is 10.1 Å². The van der Waals surface area contributed by atoms with E-state index in [1.54, 1.807) is 0 Å². The normalized spacial score (nSPS) is 16.3. The number of carbonyl (C=O) groups excluding carboxylic acids is 3. The van der Waals surface area contributed by atoms with Gasteiger partial charge in [-0.1, -0.05) is 32.0 Å². The number of anilines is 1. The van der Waals surface area contributed by atoms with Crippen LogP contribution in [0.1, 0.15) is 19.4 Å². The molecule has 0 aliphatic carbocycles. The second-order valence-corrected chi connectivity index (χ2v) is 6.20. The van der Waals surface area contributed by atoms with E-state index in [-0.39, 0.29) is 24.3 Å². The van der Waals surface area contributed by atoms with Gasteiger partial charge in [-0.25, -0.2) is 4.79 Å². The molecule has 134 valence electrons. The van der Waals surface area contributed by atoms with Gasteiger partial charge in [0, 0.05) is 29.9 Å². The third kappa shape index (κ3) is 3.99. The summed E-state index contributed by atoms with van der Waals surface area (Å²) in [4.78, 5) is 36.5. The van der Waals surface area contributed by atoms with Crippen molar-refractivity contribution < 1.29 is 23.9 Å². The van der Waals surface area contributed by atoms with Gasteiger partial charge in [0.1, 0.15) is 6.54 Å². The number of fused-ring (bicyclic) bond motifs is 1. The number of carbonyl (C=O) groups is 3. The number of amides is 1. The molecule has 25 heavy (non-hydrogen) atoms. The minimum atomic E-state index is -0.738. The Kier molecular flexibility index (Phi) is 5.46. The molecule has 2 rings (SSSR count). The highest BCUT2D eigenvalue weighted by Crippen LogP contribution is 2.46. The second-order valence-electron chi connectivity index (χ2n) is 6.20. The monoisotopic (exact) mass is 346 g/mol. The summed E-state index contributed by atoms with van der Waals surface area (Å²) in [7, 11) is 3.09. The van der Waals surface area contributed by atoms with Crippen molar-refractivity contribution in [3.05, 3.63) is 41.6 Å². The number of methoxy groups -OCH3 is 1. The Morgan fingerprint density at radius 3 is 2.56 bits per heavy atom. The van der Waals surface area contributed by atoms with Crippen molar-refractivity contribution >= 4 is 23.5 Å². The molecule has 0 atom stereocenters. The lowest BCUT2D eigenvalue weighted by atomic mass is 9.83. The fraction of sp³-hybridized carbons (Fsp3) is 0.389. The van der Waals surface area contributed by atoms with Crippen molar-refractivity contribution in [1.82, 2.24) is 5.32 Å². The van der Waals surface area contributed by atoms with Gasteiger partial charge in [0.15, 0.2) is 12.4 Å². The summed E-state index contributed by atoms with van der Waals surface area (Å²) < 4.78 is 9.21. The minimum absolute atomic E-state index is 0.322. The first kappa shape index (κ1) is 18.5. The highest BCUT2D eigenvalue weighted by atomic mass is 16.5. The molecule has 1 heterocycles. The number of rotatable bonds is 5. The van der Waals surface area contributed by atoms with Crippen molar-refractivity contribution in [2.24, 2.45) is 0 Å². The maximum absolute atomic E-state index is 12.2. The average molecular weight is 346 g/mol. The van der Waals surface area contributed by atoms with Crippen LogP contribution in [0.3, 0.4) is 0 Å². The Morgan fingerprint density at radius 2 is 1.92 bits per heavy atom. The second kappa shape index (κ2) is 7.38. The van der Waals surface area contributed by atoms with Crippen molar-refractivity contribution in [2.75, 3.05) is 32.2 Å². The first-order valence-electron chi connectivity index (χ1n) is 7.83. The number of hydrogen-bond donors (Lipinski definition) is 1. The van der Waals surface area contributed by atoms with Crippen molar-refractivity contribution in [3.8, 4) is 0 Å². The molecule has 0 unspecified atom stereocenters. The van der Waals surface area contributed by atoms with Gasteiger partial charge in [-0.2, -0.15) is 0 Å². The fourth-order valence-electron chi connectivity index (χ4n) is 2.87. The van der Waals surface area contributed by atoms with Crippen molar-refractivity contribution in [2.45, 2.75) is 19.3 Å². The fourth-order valence-corrected chi connectivity index (χ4v) is 2.87. The Bertz CT molecular complexity index is 724. The van der Waals surface area contributed by atoms with Crippen LogP contribution in [0.25, 0.3) is 0 Å². The quantitative estimate of drug-likeness (QED) is 0.646. The number of alkyl carbamates (subject to hydrolysis) is 1. The summed E-state index contributed by atoms with van der Waals surface area (Å²) in [6.07, 6.45) is 0.763. The summed E-state index contributed by atoms with van der Waals surface area (Å²) in [6.45, 7) is 3.35. The lowest BCUT2D eigenvalue weighted by Gasteiger charge is -2.23. The molecule has 0 radical (unpaired) electrons. The van der Waals surface area contributed by atoms with Crippen molar-refractivity contribution in [1.29, 1.82) is 0 Å². The van der Waals surface area contributed by atoms with E-state index in [9.17, 15) is 14.4 Å². The maximum Gasteiger partial charge on any atom is 0.407 e. The third-order valence-electron chi connectivity index (χ3n) is 4.18. The van der Waals surface area contributed by atoms with Crippen LogP contribution < -0.4 is 10.2 Å². The summed E-state index contributed by atoms with van der Waals surface area (Å²) in [5, 5.41) is 2.19. The Balaban J connectivity index is 2.00. The van der Waals surface area contributed by atoms with Crippen LogP contribution in [0.15, 0.2) is 36.0 Å². The van der Waals surface area contributed by atoms with Crippen LogP contribution in [0.4, 0.5) is 10.5 Å². The average Bonchev–Trinajstić information content (AvgIpc) is 2.79. The molecule has 1 amide bonds. The highest BCUT2D eigenvalue weighted by molar-refractivity contribution is 5.94. The predicted molar refractivity (Wildman–Crippen MR) is 92.3 cm³/mol. The number of esters is 1. The number of benzene rings is 1. The molecule has 1 N–H and O–H groups in total. The molecule has 1 aliphatic heterocycles. The van der Waals surface area contributed by atoms with Gasteiger partial charge < -0.3 is 19.7 Å². The molecular weight excluding hydrogens is 324 g/mol. The van der Waals surface area contributed by atoms with Gasteiger partial charge in [0.2, 0.25) is 0 Å². The Morgan fingerprint density at radius 1 is 1.24 bits per heavy atom. The molecule has 0 saturated carbocycles. The number of allylic oxidation sites excluding steroid dienone is 1. The van der Waals surface area contributed by atoms with Gasteiger partial charge in [-0.3, -0.25) is 9.59 Å². The van der Waals surface area contributed by atoms with Gasteiger partial charge >= 0.3 is 12.1 Å². The molecule has 0 bridgehead atoms. The van der Waals surface area contributed by atoms with Crippen molar-refractivity contribution in [3.63, 3.8) is 0 Å². The molecule has 7 nitrogen and oxygen atoms in total. The SMILES string of the molecule is COC(=O)NCC(=O)OCC(=O)/C=C1/N(C)c2ccccc2C1(C)C. The van der Waals surface area contributed by atoms with Crippen LogP contribution in [0.5, 0.6) is 0 Å². The molecule has 7 heteroatoms. The third-order valence-corrected chi connectivity index (χ3v) is 4.18. The number of para-hydroxylation sites is 1. The predicted octanol–water partition coefficient (Wildman–Crippen LogP) is 1.77. The van der Waals surface area contributed by atoms with Gasteiger partial charge in [-0.15, -0.1) is 0 Å². The van der Waals surface area contributed by atoms with Crippen LogP contribution in [-0.4, -0.2) is 45.2 Å². The Labute approximate surface area is 146 Å². The molecule has 0 fully saturated rings. The lowest BCUT2D eigenvalue weighted by molar-refractivity contribution is -0.145. The van der Waals surface area contributed by atoms with E-state index in [4.69, 9.17) is 4.74 Å². The topological polar surface area (TPSA) is 84.9 Å². The first-order valence-corrected chi connectivity index (χ1v) is 7.83. The van der Waals surface area contributed by atoms with E-state index in [1.807, 2.05) is 50.1 Å². The number of hydrogen-bond acceptors (Lipinski definition) is 6. The molecule has 0 saturated heterocycles. The van der Waals surface area contributed by atoms with E-state index in [0.717, 1.165) is 16.9 Å². The van der Waals surface area contributed by atoms with E-state index in [1.165, 1.54) is 13.2 Å². The molecular formula is C18H22N2O5. The number of nitrogens with zero attached hydrogens (tertiary/aromatic N) is 1. The highest BCUT2D eigenvalue weighted by Gasteiger charge is 2.38. The lowest BCUT2D eigenvalue weighted by Crippen LogP contribution is -2.31. The molecule has 0 spiro atoms. The molecule has 0 aromatic heterocycles. The summed E-state index contributed by atoms with van der Waals surface area (Å²) in [6, 6.07) is 7.96. The van der Waals surface area contributed by atoms with Crippen LogP contribution in [0, 0.1) is 0 Å². The molecule has 1 aromatic rings. The molecule has 1 aliphatic rings. The van der Waals surface area contributed by atoms with E-state index >= 15 is 0 Å². The standard InChI is InChI=1S/C18H22N2O5/c1-18(2)13-7-5-6-8-14(13)20(3)15(18)9-12(21)11-25-16(22)10-19-17(23)24-4/h5-9H,10-11H2,1-4H3,(H,19,23)/b15-9+. The van der Waals surface area contributed by atoms with E-state index < -0.39 is 12.1 Å². The maximum atomic E-state index is 12.2.